The molecule has 0 aliphatic carbocycles. The Morgan fingerprint density at radius 3 is 2.59 bits per heavy atom. The van der Waals surface area contributed by atoms with Gasteiger partial charge in [0, 0.05) is 5.39 Å². The fourth-order valence-corrected chi connectivity index (χ4v) is 3.06. The van der Waals surface area contributed by atoms with Gasteiger partial charge in [0.05, 0.1) is 12.1 Å². The van der Waals surface area contributed by atoms with Crippen LogP contribution in [-0.2, 0) is 6.54 Å². The van der Waals surface area contributed by atoms with Crippen LogP contribution in [0.3, 0.4) is 0 Å². The molecule has 5 heteroatoms. The molecule has 1 N–H and O–H groups in total. The first-order valence-corrected chi connectivity index (χ1v) is 8.60. The third-order valence-corrected chi connectivity index (χ3v) is 4.47. The summed E-state index contributed by atoms with van der Waals surface area (Å²) in [5, 5.41) is 7.55. The molecule has 0 saturated heterocycles. The summed E-state index contributed by atoms with van der Waals surface area (Å²) in [5.74, 6) is -1.00. The van der Waals surface area contributed by atoms with Crippen LogP contribution < -0.4 is 5.32 Å². The minimum atomic E-state index is -0.516. The zero-order valence-corrected chi connectivity index (χ0v) is 14.7. The van der Waals surface area contributed by atoms with Gasteiger partial charge in [-0.05, 0) is 47.9 Å². The van der Waals surface area contributed by atoms with Gasteiger partial charge in [0.15, 0.2) is 5.58 Å². The van der Waals surface area contributed by atoms with Gasteiger partial charge in [0.25, 0.3) is 5.91 Å². The molecule has 4 aromatic rings. The summed E-state index contributed by atoms with van der Waals surface area (Å²) in [6, 6.07) is 20.3. The fourth-order valence-electron chi connectivity index (χ4n) is 3.06. The van der Waals surface area contributed by atoms with Crippen molar-refractivity contribution >= 4 is 16.9 Å². The van der Waals surface area contributed by atoms with Crippen molar-refractivity contribution < 1.29 is 13.7 Å². The SMILES string of the molecule is Cc1cc(-c2ccccc2)cc(C(=O)NCc2noc3ccccc23)c1F. The van der Waals surface area contributed by atoms with Crippen LogP contribution in [0.25, 0.3) is 22.1 Å². The van der Waals surface area contributed by atoms with E-state index in [0.717, 1.165) is 16.5 Å². The quantitative estimate of drug-likeness (QED) is 0.565. The van der Waals surface area contributed by atoms with E-state index in [-0.39, 0.29) is 12.1 Å². The van der Waals surface area contributed by atoms with E-state index >= 15 is 0 Å². The van der Waals surface area contributed by atoms with Gasteiger partial charge in [-0.2, -0.15) is 0 Å². The average molecular weight is 360 g/mol. The van der Waals surface area contributed by atoms with Crippen LogP contribution in [-0.4, -0.2) is 11.1 Å². The van der Waals surface area contributed by atoms with Crippen LogP contribution in [0.4, 0.5) is 4.39 Å². The predicted molar refractivity (Wildman–Crippen MR) is 102 cm³/mol. The molecule has 0 fully saturated rings. The fraction of sp³-hybridized carbons (Fsp3) is 0.0909. The standard InChI is InChI=1S/C22H17FN2O2/c1-14-11-16(15-7-3-2-4-8-15)12-18(21(14)23)22(26)24-13-19-17-9-5-6-10-20(17)27-25-19/h2-12H,13H2,1H3,(H,24,26). The van der Waals surface area contributed by atoms with E-state index in [1.165, 1.54) is 0 Å². The zero-order valence-electron chi connectivity index (χ0n) is 14.7. The molecule has 0 unspecified atom stereocenters. The molecule has 4 rings (SSSR count). The third kappa shape index (κ3) is 3.31. The van der Waals surface area contributed by atoms with Crippen molar-refractivity contribution in [1.29, 1.82) is 0 Å². The van der Waals surface area contributed by atoms with Crippen LogP contribution in [0, 0.1) is 12.7 Å². The van der Waals surface area contributed by atoms with Gasteiger partial charge < -0.3 is 9.84 Å². The van der Waals surface area contributed by atoms with Crippen molar-refractivity contribution in [2.45, 2.75) is 13.5 Å². The summed E-state index contributed by atoms with van der Waals surface area (Å²) >= 11 is 0. The maximum absolute atomic E-state index is 14.6. The molecule has 1 amide bonds. The van der Waals surface area contributed by atoms with Gasteiger partial charge in [0.2, 0.25) is 0 Å². The number of benzene rings is 3. The lowest BCUT2D eigenvalue weighted by atomic mass is 9.99. The van der Waals surface area contributed by atoms with Crippen LogP contribution >= 0.6 is 0 Å². The number of aromatic nitrogens is 1. The highest BCUT2D eigenvalue weighted by atomic mass is 19.1. The molecule has 27 heavy (non-hydrogen) atoms. The number of hydrogen-bond donors (Lipinski definition) is 1. The molecule has 0 aliphatic rings. The molecule has 134 valence electrons. The summed E-state index contributed by atoms with van der Waals surface area (Å²) in [7, 11) is 0. The molecule has 0 atom stereocenters. The first-order valence-electron chi connectivity index (χ1n) is 8.60. The van der Waals surface area contributed by atoms with Crippen molar-refractivity contribution in [2.24, 2.45) is 0 Å². The first kappa shape index (κ1) is 17.0. The number of aryl methyl sites for hydroxylation is 1. The largest absolute Gasteiger partial charge is 0.356 e. The van der Waals surface area contributed by atoms with E-state index in [9.17, 15) is 9.18 Å². The van der Waals surface area contributed by atoms with Crippen LogP contribution in [0.5, 0.6) is 0 Å². The monoisotopic (exact) mass is 360 g/mol. The molecule has 0 aliphatic heterocycles. The van der Waals surface area contributed by atoms with Crippen molar-refractivity contribution in [3.63, 3.8) is 0 Å². The molecular weight excluding hydrogens is 343 g/mol. The highest BCUT2D eigenvalue weighted by molar-refractivity contribution is 5.96. The Morgan fingerprint density at radius 2 is 1.78 bits per heavy atom. The van der Waals surface area contributed by atoms with Crippen LogP contribution in [0.15, 0.2) is 71.3 Å². The Kier molecular flexibility index (Phi) is 4.42. The summed E-state index contributed by atoms with van der Waals surface area (Å²) in [6.07, 6.45) is 0. The Labute approximate surface area is 155 Å². The van der Waals surface area contributed by atoms with Crippen LogP contribution in [0.2, 0.25) is 0 Å². The van der Waals surface area contributed by atoms with E-state index in [1.807, 2.05) is 48.5 Å². The lowest BCUT2D eigenvalue weighted by molar-refractivity contribution is 0.0946. The highest BCUT2D eigenvalue weighted by Gasteiger charge is 2.17. The first-order chi connectivity index (χ1) is 13.1. The minimum absolute atomic E-state index is 0.0154. The van der Waals surface area contributed by atoms with Crippen molar-refractivity contribution in [1.82, 2.24) is 10.5 Å². The van der Waals surface area contributed by atoms with Gasteiger partial charge in [-0.15, -0.1) is 0 Å². The second kappa shape index (κ2) is 7.03. The number of para-hydroxylation sites is 1. The summed E-state index contributed by atoms with van der Waals surface area (Å²) in [5.41, 5.74) is 3.42. The number of carbonyl (C=O) groups is 1. The van der Waals surface area contributed by atoms with E-state index < -0.39 is 11.7 Å². The van der Waals surface area contributed by atoms with Gasteiger partial charge in [-0.1, -0.05) is 47.6 Å². The normalized spacial score (nSPS) is 10.9. The molecule has 1 aromatic heterocycles. The minimum Gasteiger partial charge on any atom is -0.356 e. The summed E-state index contributed by atoms with van der Waals surface area (Å²) < 4.78 is 19.8. The Hall–Kier alpha value is -3.47. The second-order valence-electron chi connectivity index (χ2n) is 6.33. The number of hydrogen-bond acceptors (Lipinski definition) is 3. The molecular formula is C22H17FN2O2. The van der Waals surface area contributed by atoms with Gasteiger partial charge in [-0.25, -0.2) is 4.39 Å². The smallest absolute Gasteiger partial charge is 0.254 e. The van der Waals surface area contributed by atoms with Gasteiger partial charge in [-0.3, -0.25) is 4.79 Å². The van der Waals surface area contributed by atoms with Crippen molar-refractivity contribution in [3.05, 3.63) is 89.4 Å². The van der Waals surface area contributed by atoms with Gasteiger partial charge in [0.1, 0.15) is 11.5 Å². The highest BCUT2D eigenvalue weighted by Crippen LogP contribution is 2.25. The number of carbonyl (C=O) groups excluding carboxylic acids is 1. The lowest BCUT2D eigenvalue weighted by Crippen LogP contribution is -2.24. The average Bonchev–Trinajstić information content (AvgIpc) is 3.12. The topological polar surface area (TPSA) is 55.1 Å². The molecule has 3 aromatic carbocycles. The number of rotatable bonds is 4. The second-order valence-corrected chi connectivity index (χ2v) is 6.33. The number of halogens is 1. The van der Waals surface area contributed by atoms with Crippen molar-refractivity contribution in [3.8, 4) is 11.1 Å². The Balaban J connectivity index is 1.60. The Bertz CT molecular complexity index is 1120. The Morgan fingerprint density at radius 1 is 1.04 bits per heavy atom. The number of amides is 1. The molecule has 1 heterocycles. The zero-order chi connectivity index (χ0) is 18.8. The van der Waals surface area contributed by atoms with Gasteiger partial charge >= 0.3 is 0 Å². The molecule has 0 radical (unpaired) electrons. The summed E-state index contributed by atoms with van der Waals surface area (Å²) in [4.78, 5) is 12.6. The molecule has 0 saturated carbocycles. The molecule has 4 nitrogen and oxygen atoms in total. The maximum atomic E-state index is 14.6. The molecule has 0 bridgehead atoms. The number of nitrogens with one attached hydrogen (secondary N) is 1. The van der Waals surface area contributed by atoms with Crippen molar-refractivity contribution in [2.75, 3.05) is 0 Å². The number of fused-ring (bicyclic) bond motifs is 1. The number of nitrogens with zero attached hydrogens (tertiary/aromatic N) is 1. The maximum Gasteiger partial charge on any atom is 0.254 e. The van der Waals surface area contributed by atoms with E-state index in [0.29, 0.717) is 16.8 Å². The molecule has 0 spiro atoms. The predicted octanol–water partition coefficient (Wildman–Crippen LogP) is 4.87. The third-order valence-electron chi connectivity index (χ3n) is 4.47. The summed E-state index contributed by atoms with van der Waals surface area (Å²) in [6.45, 7) is 1.81. The van der Waals surface area contributed by atoms with E-state index in [4.69, 9.17) is 4.52 Å². The van der Waals surface area contributed by atoms with E-state index in [2.05, 4.69) is 10.5 Å². The van der Waals surface area contributed by atoms with Crippen LogP contribution in [0.1, 0.15) is 21.6 Å². The van der Waals surface area contributed by atoms with E-state index in [1.54, 1.807) is 25.1 Å². The lowest BCUT2D eigenvalue weighted by Gasteiger charge is -2.10.